The second-order valence-electron chi connectivity index (χ2n) is 6.51. The van der Waals surface area contributed by atoms with Crippen molar-refractivity contribution < 1.29 is 13.2 Å². The fraction of sp³-hybridized carbons (Fsp3) is 0.182. The molecule has 3 aromatic rings. The van der Waals surface area contributed by atoms with Crippen molar-refractivity contribution in [3.05, 3.63) is 88.6 Å². The van der Waals surface area contributed by atoms with E-state index in [1.54, 1.807) is 6.21 Å². The largest absolute Gasteiger partial charge is 0.417 e. The number of anilines is 2. The molecule has 0 amide bonds. The minimum absolute atomic E-state index is 0.0533. The second-order valence-corrected chi connectivity index (χ2v) is 6.92. The van der Waals surface area contributed by atoms with Crippen LogP contribution in [0.25, 0.3) is 0 Å². The predicted octanol–water partition coefficient (Wildman–Crippen LogP) is 6.23. The lowest BCUT2D eigenvalue weighted by atomic mass is 10.1. The summed E-state index contributed by atoms with van der Waals surface area (Å²) in [7, 11) is 0. The van der Waals surface area contributed by atoms with Gasteiger partial charge < -0.3 is 4.90 Å². The lowest BCUT2D eigenvalue weighted by Gasteiger charge is -2.23. The number of alkyl halides is 3. The molecule has 0 atom stereocenters. The Hall–Kier alpha value is -3.06. The Morgan fingerprint density at radius 1 is 1.10 bits per heavy atom. The van der Waals surface area contributed by atoms with Crippen LogP contribution in [0.5, 0.6) is 0 Å². The average molecular weight is 433 g/mol. The summed E-state index contributed by atoms with van der Waals surface area (Å²) in [5.74, 6) is 0.0533. The first-order valence-corrected chi connectivity index (χ1v) is 9.65. The van der Waals surface area contributed by atoms with Gasteiger partial charge in [0.05, 0.1) is 16.8 Å². The summed E-state index contributed by atoms with van der Waals surface area (Å²) in [5, 5.41) is 3.85. The molecule has 0 aliphatic rings. The van der Waals surface area contributed by atoms with Crippen LogP contribution < -0.4 is 10.3 Å². The maximum atomic E-state index is 12.7. The van der Waals surface area contributed by atoms with E-state index in [9.17, 15) is 13.2 Å². The first kappa shape index (κ1) is 21.6. The summed E-state index contributed by atoms with van der Waals surface area (Å²) in [6.45, 7) is 3.77. The van der Waals surface area contributed by atoms with Crippen molar-refractivity contribution in [2.75, 3.05) is 16.9 Å². The molecule has 0 radical (unpaired) electrons. The molecule has 156 valence electrons. The molecule has 4 nitrogen and oxygen atoms in total. The van der Waals surface area contributed by atoms with E-state index in [2.05, 4.69) is 39.5 Å². The summed E-state index contributed by atoms with van der Waals surface area (Å²) in [6, 6.07) is 18.9. The molecule has 2 aromatic carbocycles. The van der Waals surface area contributed by atoms with Gasteiger partial charge in [-0.25, -0.2) is 4.98 Å². The quantitative estimate of drug-likeness (QED) is 0.355. The van der Waals surface area contributed by atoms with Crippen molar-refractivity contribution in [1.82, 2.24) is 4.98 Å². The number of nitrogens with zero attached hydrogens (tertiary/aromatic N) is 3. The molecule has 1 heterocycles. The Balaban J connectivity index is 1.63. The van der Waals surface area contributed by atoms with Crippen LogP contribution >= 0.6 is 11.6 Å². The molecular weight excluding hydrogens is 413 g/mol. The monoisotopic (exact) mass is 432 g/mol. The van der Waals surface area contributed by atoms with Crippen LogP contribution in [0.3, 0.4) is 0 Å². The van der Waals surface area contributed by atoms with E-state index >= 15 is 0 Å². The van der Waals surface area contributed by atoms with Gasteiger partial charge in [-0.15, -0.1) is 0 Å². The van der Waals surface area contributed by atoms with Gasteiger partial charge in [0, 0.05) is 25.0 Å². The summed E-state index contributed by atoms with van der Waals surface area (Å²) in [5.41, 5.74) is 4.80. The number of rotatable bonds is 7. The second kappa shape index (κ2) is 9.63. The maximum Gasteiger partial charge on any atom is 0.417 e. The van der Waals surface area contributed by atoms with E-state index in [4.69, 9.17) is 11.6 Å². The number of nitrogens with one attached hydrogen (secondary N) is 1. The molecule has 0 unspecified atom stereocenters. The Labute approximate surface area is 178 Å². The fourth-order valence-electron chi connectivity index (χ4n) is 2.80. The molecule has 1 aromatic heterocycles. The zero-order valence-corrected chi connectivity index (χ0v) is 17.0. The van der Waals surface area contributed by atoms with Crippen LogP contribution in [0.2, 0.25) is 5.02 Å². The third-order valence-electron chi connectivity index (χ3n) is 4.41. The Morgan fingerprint density at radius 2 is 1.80 bits per heavy atom. The van der Waals surface area contributed by atoms with Crippen molar-refractivity contribution in [2.24, 2.45) is 5.10 Å². The highest BCUT2D eigenvalue weighted by molar-refractivity contribution is 6.32. The number of halogens is 4. The first-order chi connectivity index (χ1) is 14.4. The van der Waals surface area contributed by atoms with Gasteiger partial charge >= 0.3 is 6.18 Å². The van der Waals surface area contributed by atoms with E-state index in [-0.39, 0.29) is 10.8 Å². The SMILES string of the molecule is CCN(Cc1ccccc1)c1ccc(/C=N\Nc2ncc(C(F)(F)F)cc2Cl)cc1. The molecule has 30 heavy (non-hydrogen) atoms. The van der Waals surface area contributed by atoms with E-state index < -0.39 is 11.7 Å². The molecule has 0 bridgehead atoms. The van der Waals surface area contributed by atoms with Gasteiger partial charge in [-0.05, 0) is 36.2 Å². The Kier molecular flexibility index (Phi) is 6.95. The highest BCUT2D eigenvalue weighted by Crippen LogP contribution is 2.32. The Morgan fingerprint density at radius 3 is 2.40 bits per heavy atom. The third-order valence-corrected chi connectivity index (χ3v) is 4.70. The molecular formula is C22H20ClF3N4. The molecule has 0 saturated carbocycles. The van der Waals surface area contributed by atoms with Crippen LogP contribution in [-0.2, 0) is 12.7 Å². The third kappa shape index (κ3) is 5.73. The number of hydrogen-bond donors (Lipinski definition) is 1. The van der Waals surface area contributed by atoms with E-state index in [0.717, 1.165) is 30.4 Å². The lowest BCUT2D eigenvalue weighted by molar-refractivity contribution is -0.137. The number of pyridine rings is 1. The topological polar surface area (TPSA) is 40.5 Å². The van der Waals surface area contributed by atoms with E-state index in [1.165, 1.54) is 5.56 Å². The van der Waals surface area contributed by atoms with Gasteiger partial charge in [0.1, 0.15) is 0 Å². The number of hydrogen-bond acceptors (Lipinski definition) is 4. The zero-order valence-electron chi connectivity index (χ0n) is 16.2. The molecule has 0 spiro atoms. The van der Waals surface area contributed by atoms with Gasteiger partial charge in [-0.1, -0.05) is 54.1 Å². The summed E-state index contributed by atoms with van der Waals surface area (Å²) in [4.78, 5) is 5.93. The smallest absolute Gasteiger partial charge is 0.367 e. The van der Waals surface area contributed by atoms with Crippen molar-refractivity contribution in [3.8, 4) is 0 Å². The number of hydrazone groups is 1. The lowest BCUT2D eigenvalue weighted by Crippen LogP contribution is -2.21. The summed E-state index contributed by atoms with van der Waals surface area (Å²) in [6.07, 6.45) is -2.23. The van der Waals surface area contributed by atoms with Crippen LogP contribution in [0.1, 0.15) is 23.6 Å². The van der Waals surface area contributed by atoms with E-state index in [1.807, 2.05) is 42.5 Å². The molecule has 0 saturated heterocycles. The van der Waals surface area contributed by atoms with Crippen LogP contribution in [0.4, 0.5) is 24.7 Å². The molecule has 0 fully saturated rings. The minimum Gasteiger partial charge on any atom is -0.367 e. The van der Waals surface area contributed by atoms with Gasteiger partial charge in [-0.3, -0.25) is 5.43 Å². The molecule has 0 aliphatic carbocycles. The molecule has 1 N–H and O–H groups in total. The van der Waals surface area contributed by atoms with Crippen molar-refractivity contribution in [3.63, 3.8) is 0 Å². The standard InChI is InChI=1S/C22H20ClF3N4/c1-2-30(15-17-6-4-3-5-7-17)19-10-8-16(9-11-19)13-28-29-21-20(23)12-18(14-27-21)22(24,25)26/h3-14H,2,15H2,1H3,(H,27,29)/b28-13-. The minimum atomic E-state index is -4.49. The number of benzene rings is 2. The zero-order chi connectivity index (χ0) is 21.6. The van der Waals surface area contributed by atoms with Gasteiger partial charge in [0.25, 0.3) is 0 Å². The molecule has 0 aliphatic heterocycles. The predicted molar refractivity (Wildman–Crippen MR) is 115 cm³/mol. The fourth-order valence-corrected chi connectivity index (χ4v) is 3.01. The van der Waals surface area contributed by atoms with Crippen LogP contribution in [-0.4, -0.2) is 17.7 Å². The maximum absolute atomic E-state index is 12.7. The van der Waals surface area contributed by atoms with Gasteiger partial charge in [0.2, 0.25) is 0 Å². The Bertz CT molecular complexity index is 990. The van der Waals surface area contributed by atoms with Gasteiger partial charge in [-0.2, -0.15) is 18.3 Å². The van der Waals surface area contributed by atoms with Gasteiger partial charge in [0.15, 0.2) is 5.82 Å². The van der Waals surface area contributed by atoms with Crippen molar-refractivity contribution in [1.29, 1.82) is 0 Å². The normalized spacial score (nSPS) is 11.6. The highest BCUT2D eigenvalue weighted by Gasteiger charge is 2.31. The summed E-state index contributed by atoms with van der Waals surface area (Å²) >= 11 is 5.85. The first-order valence-electron chi connectivity index (χ1n) is 9.27. The van der Waals surface area contributed by atoms with Crippen molar-refractivity contribution >= 4 is 29.3 Å². The number of aromatic nitrogens is 1. The summed E-state index contributed by atoms with van der Waals surface area (Å²) < 4.78 is 38.0. The molecule has 3 rings (SSSR count). The van der Waals surface area contributed by atoms with Crippen molar-refractivity contribution in [2.45, 2.75) is 19.6 Å². The highest BCUT2D eigenvalue weighted by atomic mass is 35.5. The average Bonchev–Trinajstić information content (AvgIpc) is 2.74. The van der Waals surface area contributed by atoms with E-state index in [0.29, 0.717) is 6.20 Å². The van der Waals surface area contributed by atoms with Crippen LogP contribution in [0.15, 0.2) is 72.0 Å². The molecule has 8 heteroatoms. The van der Waals surface area contributed by atoms with Crippen LogP contribution in [0, 0.1) is 0 Å².